The molecule has 25 heavy (non-hydrogen) atoms. The molecule has 1 saturated heterocycles. The highest BCUT2D eigenvalue weighted by Gasteiger charge is 2.75. The van der Waals surface area contributed by atoms with Gasteiger partial charge >= 0.3 is 11.9 Å². The van der Waals surface area contributed by atoms with Crippen LogP contribution in [0.4, 0.5) is 0 Å². The van der Waals surface area contributed by atoms with Gasteiger partial charge in [0, 0.05) is 28.9 Å². The maximum Gasteiger partial charge on any atom is 0.336 e. The average Bonchev–Trinajstić information content (AvgIpc) is 3.06. The van der Waals surface area contributed by atoms with Gasteiger partial charge in [-0.2, -0.15) is 0 Å². The lowest BCUT2D eigenvalue weighted by Crippen LogP contribution is -2.55. The lowest BCUT2D eigenvalue weighted by atomic mass is 9.52. The van der Waals surface area contributed by atoms with E-state index in [0.717, 1.165) is 24.8 Å². The Morgan fingerprint density at radius 1 is 1.28 bits per heavy atom. The molecule has 5 aliphatic rings. The molecular formula is C20H22O5. The fourth-order valence-electron chi connectivity index (χ4n) is 5.66. The van der Waals surface area contributed by atoms with E-state index >= 15 is 0 Å². The second-order valence-corrected chi connectivity index (χ2v) is 8.49. The van der Waals surface area contributed by atoms with Crippen molar-refractivity contribution in [1.29, 1.82) is 0 Å². The molecule has 2 saturated carbocycles. The molecule has 5 rings (SSSR count). The summed E-state index contributed by atoms with van der Waals surface area (Å²) < 4.78 is 16.8. The van der Waals surface area contributed by atoms with E-state index in [2.05, 4.69) is 19.9 Å². The van der Waals surface area contributed by atoms with Crippen LogP contribution < -0.4 is 0 Å². The normalized spacial score (nSPS) is 44.4. The lowest BCUT2D eigenvalue weighted by molar-refractivity contribution is -0.158. The number of carbonyl (C=O) groups is 2. The van der Waals surface area contributed by atoms with Crippen molar-refractivity contribution >= 4 is 11.9 Å². The van der Waals surface area contributed by atoms with Crippen LogP contribution in [0.25, 0.3) is 0 Å². The Bertz CT molecular complexity index is 786. The first-order chi connectivity index (χ1) is 11.8. The van der Waals surface area contributed by atoms with Gasteiger partial charge in [-0.1, -0.05) is 19.9 Å². The molecule has 2 aliphatic heterocycles. The second kappa shape index (κ2) is 4.57. The van der Waals surface area contributed by atoms with Crippen LogP contribution in [0.15, 0.2) is 35.1 Å². The van der Waals surface area contributed by atoms with E-state index in [4.69, 9.17) is 14.2 Å². The maximum atomic E-state index is 12.6. The van der Waals surface area contributed by atoms with Crippen LogP contribution in [-0.4, -0.2) is 23.8 Å². The van der Waals surface area contributed by atoms with Gasteiger partial charge in [-0.15, -0.1) is 0 Å². The maximum absolute atomic E-state index is 12.6. The zero-order chi connectivity index (χ0) is 17.6. The molecule has 0 aromatic heterocycles. The molecule has 0 radical (unpaired) electrons. The number of hydrogen-bond donors (Lipinski definition) is 0. The topological polar surface area (TPSA) is 61.8 Å². The average molecular weight is 342 g/mol. The number of ether oxygens (including phenoxy) is 3. The number of carbonyl (C=O) groups excluding carboxylic acids is 2. The van der Waals surface area contributed by atoms with Gasteiger partial charge < -0.3 is 14.2 Å². The molecule has 0 aromatic carbocycles. The van der Waals surface area contributed by atoms with E-state index in [1.165, 1.54) is 5.57 Å². The van der Waals surface area contributed by atoms with Crippen molar-refractivity contribution in [3.05, 3.63) is 35.1 Å². The van der Waals surface area contributed by atoms with Crippen molar-refractivity contribution < 1.29 is 23.8 Å². The summed E-state index contributed by atoms with van der Waals surface area (Å²) in [6, 6.07) is 0. The van der Waals surface area contributed by atoms with E-state index < -0.39 is 11.9 Å². The number of cyclic esters (lactones) is 1. The highest BCUT2D eigenvalue weighted by molar-refractivity contribution is 5.90. The number of hydrogen-bond acceptors (Lipinski definition) is 5. The quantitative estimate of drug-likeness (QED) is 0.438. The van der Waals surface area contributed by atoms with E-state index in [9.17, 15) is 9.59 Å². The summed E-state index contributed by atoms with van der Waals surface area (Å²) in [4.78, 5) is 24.1. The molecule has 3 fully saturated rings. The van der Waals surface area contributed by atoms with Crippen LogP contribution in [0.3, 0.4) is 0 Å². The Morgan fingerprint density at radius 3 is 2.80 bits per heavy atom. The molecule has 0 amide bonds. The van der Waals surface area contributed by atoms with Crippen molar-refractivity contribution in [2.75, 3.05) is 0 Å². The summed E-state index contributed by atoms with van der Waals surface area (Å²) in [6.45, 7) is 6.15. The van der Waals surface area contributed by atoms with Crippen LogP contribution >= 0.6 is 0 Å². The molecule has 5 nitrogen and oxygen atoms in total. The molecular weight excluding hydrogens is 320 g/mol. The van der Waals surface area contributed by atoms with Crippen LogP contribution in [0.1, 0.15) is 40.0 Å². The predicted octanol–water partition coefficient (Wildman–Crippen LogP) is 3.02. The molecule has 2 heterocycles. The Hall–Kier alpha value is -2.04. The molecule has 5 atom stereocenters. The van der Waals surface area contributed by atoms with Gasteiger partial charge in [0.15, 0.2) is 0 Å². The zero-order valence-corrected chi connectivity index (χ0v) is 14.7. The van der Waals surface area contributed by atoms with Gasteiger partial charge in [0.25, 0.3) is 6.29 Å². The molecule has 0 aromatic rings. The number of esters is 2. The van der Waals surface area contributed by atoms with Crippen molar-refractivity contribution in [3.8, 4) is 0 Å². The Balaban J connectivity index is 1.46. The SMILES string of the molecule is CC1=C[C@H](O/C=C2\[C@H]3C=C4CCCC(C)(C)[C@@]45OC(=O)[C@@H]2[C@H]35)OC1=O. The van der Waals surface area contributed by atoms with Crippen molar-refractivity contribution in [1.82, 2.24) is 0 Å². The highest BCUT2D eigenvalue weighted by Crippen LogP contribution is 2.71. The highest BCUT2D eigenvalue weighted by atomic mass is 16.7. The largest absolute Gasteiger partial charge is 0.459 e. The molecule has 5 heteroatoms. The summed E-state index contributed by atoms with van der Waals surface area (Å²) in [6.07, 6.45) is 8.10. The molecule has 1 spiro atoms. The van der Waals surface area contributed by atoms with Gasteiger partial charge in [0.2, 0.25) is 0 Å². The first kappa shape index (κ1) is 15.2. The lowest BCUT2D eigenvalue weighted by Gasteiger charge is -2.51. The van der Waals surface area contributed by atoms with Gasteiger partial charge in [-0.25, -0.2) is 4.79 Å². The molecule has 3 aliphatic carbocycles. The summed E-state index contributed by atoms with van der Waals surface area (Å²) in [5.41, 5.74) is 2.34. The third-order valence-electron chi connectivity index (χ3n) is 6.86. The molecule has 0 bridgehead atoms. The molecule has 0 unspecified atom stereocenters. The minimum absolute atomic E-state index is 0.0336. The Morgan fingerprint density at radius 2 is 2.08 bits per heavy atom. The number of rotatable bonds is 2. The monoisotopic (exact) mass is 342 g/mol. The fourth-order valence-corrected chi connectivity index (χ4v) is 5.66. The molecule has 0 N–H and O–H groups in total. The predicted molar refractivity (Wildman–Crippen MR) is 87.8 cm³/mol. The Labute approximate surface area is 146 Å². The van der Waals surface area contributed by atoms with Crippen LogP contribution in [-0.2, 0) is 23.8 Å². The van der Waals surface area contributed by atoms with E-state index in [-0.39, 0.29) is 35.1 Å². The summed E-state index contributed by atoms with van der Waals surface area (Å²) in [5, 5.41) is 0. The minimum Gasteiger partial charge on any atom is -0.459 e. The summed E-state index contributed by atoms with van der Waals surface area (Å²) >= 11 is 0. The first-order valence-corrected chi connectivity index (χ1v) is 9.04. The standard InChI is InChI=1S/C20H22O5/c1-10-7-14(24-17(10)21)23-9-13-12-8-11-5-4-6-19(2,3)20(11)16(12)15(13)18(22)25-20/h7-9,12,14-16H,4-6H2,1-3H3/b13-9+/t12-,14-,15+,16+,20-/m1/s1. The van der Waals surface area contributed by atoms with E-state index in [1.54, 1.807) is 19.3 Å². The van der Waals surface area contributed by atoms with E-state index in [0.29, 0.717) is 5.57 Å². The van der Waals surface area contributed by atoms with Crippen LogP contribution in [0.2, 0.25) is 0 Å². The summed E-state index contributed by atoms with van der Waals surface area (Å²) in [7, 11) is 0. The Kier molecular flexibility index (Phi) is 2.78. The zero-order valence-electron chi connectivity index (χ0n) is 14.7. The van der Waals surface area contributed by atoms with E-state index in [1.807, 2.05) is 0 Å². The first-order valence-electron chi connectivity index (χ1n) is 9.04. The molecule has 132 valence electrons. The smallest absolute Gasteiger partial charge is 0.336 e. The van der Waals surface area contributed by atoms with Gasteiger partial charge in [0.05, 0.1) is 12.2 Å². The third kappa shape index (κ3) is 1.69. The van der Waals surface area contributed by atoms with Gasteiger partial charge in [0.1, 0.15) is 5.60 Å². The van der Waals surface area contributed by atoms with Gasteiger partial charge in [-0.05, 0) is 37.3 Å². The van der Waals surface area contributed by atoms with Crippen molar-refractivity contribution in [2.45, 2.75) is 51.9 Å². The second-order valence-electron chi connectivity index (χ2n) is 8.49. The third-order valence-corrected chi connectivity index (χ3v) is 6.86. The van der Waals surface area contributed by atoms with Crippen molar-refractivity contribution in [2.24, 2.45) is 23.2 Å². The van der Waals surface area contributed by atoms with Gasteiger partial charge in [-0.3, -0.25) is 4.79 Å². The minimum atomic E-state index is -0.696. The summed E-state index contributed by atoms with van der Waals surface area (Å²) in [5.74, 6) is -0.315. The van der Waals surface area contributed by atoms with Crippen LogP contribution in [0, 0.1) is 23.2 Å². The van der Waals surface area contributed by atoms with Crippen molar-refractivity contribution in [3.63, 3.8) is 0 Å². The van der Waals surface area contributed by atoms with Crippen LogP contribution in [0.5, 0.6) is 0 Å². The number of allylic oxidation sites excluding steroid dienone is 1. The fraction of sp³-hybridized carbons (Fsp3) is 0.600.